The summed E-state index contributed by atoms with van der Waals surface area (Å²) in [7, 11) is 0. The average Bonchev–Trinajstić information content (AvgIpc) is 3.16. The molecule has 2 aromatic rings. The molecule has 0 saturated carbocycles. The minimum Gasteiger partial charge on any atom is -0.337 e. The lowest BCUT2D eigenvalue weighted by atomic mass is 10.1. The normalized spacial score (nSPS) is 19.0. The van der Waals surface area contributed by atoms with Gasteiger partial charge in [0.25, 0.3) is 5.91 Å². The molecule has 0 radical (unpaired) electrons. The third-order valence-corrected chi connectivity index (χ3v) is 4.39. The molecule has 0 aliphatic carbocycles. The molecule has 1 fully saturated rings. The molecular weight excluding hydrogens is 260 g/mol. The summed E-state index contributed by atoms with van der Waals surface area (Å²) >= 11 is 1.62. The first-order chi connectivity index (χ1) is 9.28. The first-order valence-electron chi connectivity index (χ1n) is 6.36. The number of carbonyl (C=O) groups is 1. The van der Waals surface area contributed by atoms with Gasteiger partial charge in [0.1, 0.15) is 0 Å². The third-order valence-electron chi connectivity index (χ3n) is 3.49. The Morgan fingerprint density at radius 3 is 3.21 bits per heavy atom. The number of hydrogen-bond acceptors (Lipinski definition) is 4. The van der Waals surface area contributed by atoms with Crippen molar-refractivity contribution in [2.24, 2.45) is 11.7 Å². The van der Waals surface area contributed by atoms with E-state index in [1.54, 1.807) is 11.3 Å². The Balaban J connectivity index is 1.74. The molecule has 2 aromatic heterocycles. The van der Waals surface area contributed by atoms with E-state index in [0.717, 1.165) is 30.1 Å². The highest BCUT2D eigenvalue weighted by molar-refractivity contribution is 7.13. The second-order valence-corrected chi connectivity index (χ2v) is 5.73. The zero-order chi connectivity index (χ0) is 13.2. The number of thiophene rings is 1. The van der Waals surface area contributed by atoms with Crippen LogP contribution in [0.2, 0.25) is 0 Å². The van der Waals surface area contributed by atoms with E-state index in [1.807, 2.05) is 28.5 Å². The zero-order valence-electron chi connectivity index (χ0n) is 10.5. The van der Waals surface area contributed by atoms with Gasteiger partial charge in [0.05, 0.1) is 10.6 Å². The number of nitrogens with two attached hydrogens (primary N) is 1. The maximum atomic E-state index is 12.3. The summed E-state index contributed by atoms with van der Waals surface area (Å²) in [6.07, 6.45) is 0.991. The van der Waals surface area contributed by atoms with E-state index in [9.17, 15) is 4.79 Å². The molecule has 0 spiro atoms. The first-order valence-corrected chi connectivity index (χ1v) is 7.24. The molecule has 0 aromatic carbocycles. The molecule has 5 nitrogen and oxygen atoms in total. The van der Waals surface area contributed by atoms with E-state index in [-0.39, 0.29) is 5.91 Å². The van der Waals surface area contributed by atoms with E-state index in [0.29, 0.717) is 18.2 Å². The van der Waals surface area contributed by atoms with Crippen molar-refractivity contribution in [3.05, 3.63) is 29.3 Å². The SMILES string of the molecule is NCC1CCN(C(=O)c2cc(-c3cccs3)[nH]n2)C1. The van der Waals surface area contributed by atoms with Crippen molar-refractivity contribution >= 4 is 17.2 Å². The molecule has 1 amide bonds. The summed E-state index contributed by atoms with van der Waals surface area (Å²) in [5, 5.41) is 9.06. The molecule has 3 N–H and O–H groups in total. The van der Waals surface area contributed by atoms with Crippen LogP contribution in [0.25, 0.3) is 10.6 Å². The highest BCUT2D eigenvalue weighted by Crippen LogP contribution is 2.24. The lowest BCUT2D eigenvalue weighted by Crippen LogP contribution is -2.30. The van der Waals surface area contributed by atoms with Gasteiger partial charge in [-0.3, -0.25) is 9.89 Å². The van der Waals surface area contributed by atoms with Gasteiger partial charge in [-0.05, 0) is 36.4 Å². The highest BCUT2D eigenvalue weighted by atomic mass is 32.1. The van der Waals surface area contributed by atoms with Gasteiger partial charge in [-0.15, -0.1) is 11.3 Å². The number of hydrogen-bond donors (Lipinski definition) is 2. The molecule has 1 aliphatic rings. The van der Waals surface area contributed by atoms with Crippen LogP contribution in [-0.4, -0.2) is 40.6 Å². The Morgan fingerprint density at radius 2 is 2.53 bits per heavy atom. The van der Waals surface area contributed by atoms with Gasteiger partial charge in [0.2, 0.25) is 0 Å². The number of H-pyrrole nitrogens is 1. The lowest BCUT2D eigenvalue weighted by molar-refractivity contribution is 0.0782. The summed E-state index contributed by atoms with van der Waals surface area (Å²) < 4.78 is 0. The van der Waals surface area contributed by atoms with Gasteiger partial charge in [0, 0.05) is 13.1 Å². The second kappa shape index (κ2) is 5.14. The van der Waals surface area contributed by atoms with E-state index < -0.39 is 0 Å². The minimum atomic E-state index is -0.00462. The van der Waals surface area contributed by atoms with Crippen LogP contribution in [0.5, 0.6) is 0 Å². The molecule has 19 heavy (non-hydrogen) atoms. The summed E-state index contributed by atoms with van der Waals surface area (Å²) in [4.78, 5) is 15.2. The molecule has 1 saturated heterocycles. The number of aromatic amines is 1. The first kappa shape index (κ1) is 12.4. The quantitative estimate of drug-likeness (QED) is 0.893. The van der Waals surface area contributed by atoms with Crippen LogP contribution < -0.4 is 5.73 Å². The van der Waals surface area contributed by atoms with Crippen molar-refractivity contribution in [2.45, 2.75) is 6.42 Å². The lowest BCUT2D eigenvalue weighted by Gasteiger charge is -2.14. The number of carbonyl (C=O) groups excluding carboxylic acids is 1. The fourth-order valence-corrected chi connectivity index (χ4v) is 3.05. The summed E-state index contributed by atoms with van der Waals surface area (Å²) in [5.74, 6) is 0.426. The van der Waals surface area contributed by atoms with Crippen LogP contribution >= 0.6 is 11.3 Å². The molecule has 6 heteroatoms. The average molecular weight is 276 g/mol. The van der Waals surface area contributed by atoms with Crippen molar-refractivity contribution in [1.29, 1.82) is 0 Å². The van der Waals surface area contributed by atoms with Gasteiger partial charge < -0.3 is 10.6 Å². The van der Waals surface area contributed by atoms with Crippen molar-refractivity contribution < 1.29 is 4.79 Å². The molecule has 1 atom stereocenters. The number of aromatic nitrogens is 2. The highest BCUT2D eigenvalue weighted by Gasteiger charge is 2.27. The van der Waals surface area contributed by atoms with E-state index in [2.05, 4.69) is 10.2 Å². The van der Waals surface area contributed by atoms with Crippen molar-refractivity contribution in [2.75, 3.05) is 19.6 Å². The van der Waals surface area contributed by atoms with Crippen LogP contribution in [0.15, 0.2) is 23.6 Å². The smallest absolute Gasteiger partial charge is 0.274 e. The Labute approximate surface area is 115 Å². The Kier molecular flexibility index (Phi) is 3.35. The number of nitrogens with one attached hydrogen (secondary N) is 1. The van der Waals surface area contributed by atoms with Gasteiger partial charge >= 0.3 is 0 Å². The monoisotopic (exact) mass is 276 g/mol. The fraction of sp³-hybridized carbons (Fsp3) is 0.385. The zero-order valence-corrected chi connectivity index (χ0v) is 11.3. The van der Waals surface area contributed by atoms with Crippen LogP contribution in [0.1, 0.15) is 16.9 Å². The molecule has 1 unspecified atom stereocenters. The Bertz CT molecular complexity index is 563. The van der Waals surface area contributed by atoms with E-state index in [1.165, 1.54) is 0 Å². The molecular formula is C13H16N4OS. The van der Waals surface area contributed by atoms with Gasteiger partial charge in [-0.1, -0.05) is 6.07 Å². The Hall–Kier alpha value is -1.66. The van der Waals surface area contributed by atoms with Gasteiger partial charge in [-0.25, -0.2) is 0 Å². The molecule has 1 aliphatic heterocycles. The predicted molar refractivity (Wildman–Crippen MR) is 75.0 cm³/mol. The molecule has 100 valence electrons. The van der Waals surface area contributed by atoms with Gasteiger partial charge in [0.15, 0.2) is 5.69 Å². The number of amides is 1. The number of rotatable bonds is 3. The molecule has 3 heterocycles. The largest absolute Gasteiger partial charge is 0.337 e. The number of likely N-dealkylation sites (tertiary alicyclic amines) is 1. The third kappa shape index (κ3) is 2.41. The molecule has 0 bridgehead atoms. The summed E-state index contributed by atoms with van der Waals surface area (Å²) in [6.45, 7) is 2.17. The van der Waals surface area contributed by atoms with Gasteiger partial charge in [-0.2, -0.15) is 5.10 Å². The topological polar surface area (TPSA) is 75.0 Å². The second-order valence-electron chi connectivity index (χ2n) is 4.79. The van der Waals surface area contributed by atoms with E-state index in [4.69, 9.17) is 5.73 Å². The maximum absolute atomic E-state index is 12.3. The van der Waals surface area contributed by atoms with E-state index >= 15 is 0 Å². The standard InChI is InChI=1S/C13H16N4OS/c14-7-9-3-4-17(8-9)13(18)11-6-10(15-16-11)12-2-1-5-19-12/h1-2,5-6,9H,3-4,7-8,14H2,(H,15,16). The summed E-state index contributed by atoms with van der Waals surface area (Å²) in [6, 6.07) is 5.81. The Morgan fingerprint density at radius 1 is 1.63 bits per heavy atom. The fourth-order valence-electron chi connectivity index (χ4n) is 2.36. The maximum Gasteiger partial charge on any atom is 0.274 e. The van der Waals surface area contributed by atoms with Crippen LogP contribution in [0, 0.1) is 5.92 Å². The minimum absolute atomic E-state index is 0.00462. The van der Waals surface area contributed by atoms with Crippen molar-refractivity contribution in [1.82, 2.24) is 15.1 Å². The van der Waals surface area contributed by atoms with Crippen molar-refractivity contribution in [3.63, 3.8) is 0 Å². The molecule has 3 rings (SSSR count). The number of nitrogens with zero attached hydrogens (tertiary/aromatic N) is 2. The van der Waals surface area contributed by atoms with Crippen molar-refractivity contribution in [3.8, 4) is 10.6 Å². The van der Waals surface area contributed by atoms with Crippen LogP contribution in [0.4, 0.5) is 0 Å². The van der Waals surface area contributed by atoms with Crippen LogP contribution in [0.3, 0.4) is 0 Å². The van der Waals surface area contributed by atoms with Crippen LogP contribution in [-0.2, 0) is 0 Å². The summed E-state index contributed by atoms with van der Waals surface area (Å²) in [5.41, 5.74) is 7.03. The predicted octanol–water partition coefficient (Wildman–Crippen LogP) is 1.56.